The number of aromatic carboxylic acids is 1. The lowest BCUT2D eigenvalue weighted by atomic mass is 10.0. The zero-order chi connectivity index (χ0) is 14.8. The summed E-state index contributed by atoms with van der Waals surface area (Å²) in [5.41, 5.74) is 0.896. The van der Waals surface area contributed by atoms with Crippen LogP contribution in [0, 0.1) is 0 Å². The van der Waals surface area contributed by atoms with Crippen LogP contribution in [0.15, 0.2) is 42.6 Å². The van der Waals surface area contributed by atoms with Crippen molar-refractivity contribution in [3.05, 3.63) is 53.7 Å². The molecule has 1 aliphatic heterocycles. The average Bonchev–Trinajstić information content (AvgIpc) is 2.91. The lowest BCUT2D eigenvalue weighted by Crippen LogP contribution is -2.22. The summed E-state index contributed by atoms with van der Waals surface area (Å²) >= 11 is 0. The molecule has 1 atom stereocenters. The van der Waals surface area contributed by atoms with E-state index in [0.29, 0.717) is 5.75 Å². The standard InChI is InChI=1S/C15H12N2O4/c18-14(11-8-21-12-4-2-1-3-10(11)12)17-13-7-9(15(19)20)5-6-16-13/h1-7,11H,8H2,(H,19,20)(H,16,17,18). The average molecular weight is 284 g/mol. The highest BCUT2D eigenvalue weighted by molar-refractivity contribution is 5.97. The third kappa shape index (κ3) is 2.55. The maximum atomic E-state index is 12.3. The Hall–Kier alpha value is -2.89. The smallest absolute Gasteiger partial charge is 0.335 e. The Kier molecular flexibility index (Phi) is 3.27. The van der Waals surface area contributed by atoms with Crippen LogP contribution in [0.1, 0.15) is 21.8 Å². The van der Waals surface area contributed by atoms with Gasteiger partial charge in [-0.2, -0.15) is 0 Å². The first-order valence-corrected chi connectivity index (χ1v) is 6.37. The van der Waals surface area contributed by atoms with Crippen LogP contribution >= 0.6 is 0 Å². The van der Waals surface area contributed by atoms with E-state index in [9.17, 15) is 9.59 Å². The number of nitrogens with zero attached hydrogens (tertiary/aromatic N) is 1. The first-order valence-electron chi connectivity index (χ1n) is 6.37. The number of hydrogen-bond acceptors (Lipinski definition) is 4. The quantitative estimate of drug-likeness (QED) is 0.898. The van der Waals surface area contributed by atoms with Crippen molar-refractivity contribution in [1.29, 1.82) is 0 Å². The molecule has 106 valence electrons. The van der Waals surface area contributed by atoms with Crippen LogP contribution < -0.4 is 10.1 Å². The van der Waals surface area contributed by atoms with Gasteiger partial charge in [0.1, 0.15) is 24.1 Å². The number of aromatic nitrogens is 1. The Labute approximate surface area is 120 Å². The molecular weight excluding hydrogens is 272 g/mol. The number of rotatable bonds is 3. The zero-order valence-electron chi connectivity index (χ0n) is 10.9. The summed E-state index contributed by atoms with van der Waals surface area (Å²) in [5.74, 6) is -0.844. The maximum absolute atomic E-state index is 12.3. The van der Waals surface area contributed by atoms with E-state index in [2.05, 4.69) is 10.3 Å². The number of ether oxygens (including phenoxy) is 1. The number of nitrogens with one attached hydrogen (secondary N) is 1. The molecule has 0 spiro atoms. The van der Waals surface area contributed by atoms with E-state index in [-0.39, 0.29) is 23.9 Å². The molecule has 1 unspecified atom stereocenters. The molecule has 1 aromatic heterocycles. The van der Waals surface area contributed by atoms with Gasteiger partial charge in [-0.25, -0.2) is 9.78 Å². The minimum absolute atomic E-state index is 0.0726. The molecule has 0 bridgehead atoms. The van der Waals surface area contributed by atoms with Crippen LogP contribution in [-0.4, -0.2) is 28.6 Å². The predicted octanol–water partition coefficient (Wildman–Crippen LogP) is 1.89. The van der Waals surface area contributed by atoms with Crippen molar-refractivity contribution in [3.63, 3.8) is 0 Å². The van der Waals surface area contributed by atoms with Gasteiger partial charge in [-0.1, -0.05) is 18.2 Å². The maximum Gasteiger partial charge on any atom is 0.335 e. The van der Waals surface area contributed by atoms with E-state index < -0.39 is 11.9 Å². The first kappa shape index (κ1) is 13.1. The van der Waals surface area contributed by atoms with Gasteiger partial charge in [-0.15, -0.1) is 0 Å². The Morgan fingerprint density at radius 1 is 1.29 bits per heavy atom. The molecule has 6 nitrogen and oxygen atoms in total. The molecule has 0 saturated carbocycles. The fraction of sp³-hybridized carbons (Fsp3) is 0.133. The number of amides is 1. The largest absolute Gasteiger partial charge is 0.492 e. The molecule has 2 heterocycles. The zero-order valence-corrected chi connectivity index (χ0v) is 10.9. The summed E-state index contributed by atoms with van der Waals surface area (Å²) in [7, 11) is 0. The van der Waals surface area contributed by atoms with E-state index in [1.54, 1.807) is 0 Å². The van der Waals surface area contributed by atoms with Crippen LogP contribution in [0.25, 0.3) is 0 Å². The Morgan fingerprint density at radius 2 is 2.10 bits per heavy atom. The van der Waals surface area contributed by atoms with Gasteiger partial charge in [0.2, 0.25) is 5.91 Å². The van der Waals surface area contributed by atoms with Gasteiger partial charge in [0.05, 0.1) is 5.56 Å². The van der Waals surface area contributed by atoms with E-state index in [1.807, 2.05) is 24.3 Å². The third-order valence-electron chi connectivity index (χ3n) is 3.27. The normalized spacial score (nSPS) is 15.9. The summed E-state index contributed by atoms with van der Waals surface area (Å²) in [5, 5.41) is 11.6. The predicted molar refractivity (Wildman–Crippen MR) is 74.5 cm³/mol. The second-order valence-electron chi connectivity index (χ2n) is 4.63. The van der Waals surface area contributed by atoms with Crippen molar-refractivity contribution in [2.75, 3.05) is 11.9 Å². The van der Waals surface area contributed by atoms with Crippen LogP contribution in [-0.2, 0) is 4.79 Å². The molecule has 0 fully saturated rings. The van der Waals surface area contributed by atoms with E-state index in [1.165, 1.54) is 18.3 Å². The molecule has 0 saturated heterocycles. The number of carboxylic acids is 1. The molecule has 21 heavy (non-hydrogen) atoms. The summed E-state index contributed by atoms with van der Waals surface area (Å²) in [6.45, 7) is 0.268. The number of carbonyl (C=O) groups is 2. The van der Waals surface area contributed by atoms with Crippen molar-refractivity contribution in [3.8, 4) is 5.75 Å². The van der Waals surface area contributed by atoms with E-state index in [4.69, 9.17) is 9.84 Å². The molecule has 3 rings (SSSR count). The summed E-state index contributed by atoms with van der Waals surface area (Å²) in [6.07, 6.45) is 1.35. The highest BCUT2D eigenvalue weighted by atomic mass is 16.5. The highest BCUT2D eigenvalue weighted by Crippen LogP contribution is 2.34. The molecule has 2 N–H and O–H groups in total. The van der Waals surface area contributed by atoms with E-state index in [0.717, 1.165) is 5.56 Å². The lowest BCUT2D eigenvalue weighted by Gasteiger charge is -2.09. The van der Waals surface area contributed by atoms with Crippen molar-refractivity contribution >= 4 is 17.7 Å². The monoisotopic (exact) mass is 284 g/mol. The van der Waals surface area contributed by atoms with Crippen LogP contribution in [0.4, 0.5) is 5.82 Å². The van der Waals surface area contributed by atoms with Gasteiger partial charge in [-0.3, -0.25) is 4.79 Å². The van der Waals surface area contributed by atoms with Gasteiger partial charge >= 0.3 is 5.97 Å². The number of anilines is 1. The van der Waals surface area contributed by atoms with Gasteiger partial charge in [0, 0.05) is 11.8 Å². The van der Waals surface area contributed by atoms with E-state index >= 15 is 0 Å². The highest BCUT2D eigenvalue weighted by Gasteiger charge is 2.30. The second kappa shape index (κ2) is 5.24. The summed E-state index contributed by atoms with van der Waals surface area (Å²) in [6, 6.07) is 10.0. The topological polar surface area (TPSA) is 88.5 Å². The third-order valence-corrected chi connectivity index (χ3v) is 3.27. The van der Waals surface area contributed by atoms with Crippen molar-refractivity contribution in [2.45, 2.75) is 5.92 Å². The Morgan fingerprint density at radius 3 is 2.90 bits per heavy atom. The Balaban J connectivity index is 1.79. The number of carboxylic acid groups (broad SMARTS) is 1. The number of pyridine rings is 1. The van der Waals surface area contributed by atoms with Crippen molar-refractivity contribution in [1.82, 2.24) is 4.98 Å². The fourth-order valence-electron chi connectivity index (χ4n) is 2.22. The SMILES string of the molecule is O=C(O)c1ccnc(NC(=O)C2COc3ccccc32)c1. The molecule has 0 radical (unpaired) electrons. The number of hydrogen-bond donors (Lipinski definition) is 2. The summed E-state index contributed by atoms with van der Waals surface area (Å²) in [4.78, 5) is 27.1. The van der Waals surface area contributed by atoms with Gasteiger partial charge in [0.25, 0.3) is 0 Å². The Bertz CT molecular complexity index is 714. The van der Waals surface area contributed by atoms with Crippen molar-refractivity contribution < 1.29 is 19.4 Å². The van der Waals surface area contributed by atoms with Gasteiger partial charge < -0.3 is 15.2 Å². The van der Waals surface area contributed by atoms with Crippen LogP contribution in [0.2, 0.25) is 0 Å². The summed E-state index contributed by atoms with van der Waals surface area (Å²) < 4.78 is 5.46. The number of benzene rings is 1. The molecule has 1 amide bonds. The lowest BCUT2D eigenvalue weighted by molar-refractivity contribution is -0.117. The van der Waals surface area contributed by atoms with Gasteiger partial charge in [0.15, 0.2) is 0 Å². The molecule has 1 aliphatic rings. The second-order valence-corrected chi connectivity index (χ2v) is 4.63. The minimum atomic E-state index is -1.07. The number of para-hydroxylation sites is 1. The number of fused-ring (bicyclic) bond motifs is 1. The molecular formula is C15H12N2O4. The van der Waals surface area contributed by atoms with Gasteiger partial charge in [-0.05, 0) is 18.2 Å². The van der Waals surface area contributed by atoms with Crippen LogP contribution in [0.5, 0.6) is 5.75 Å². The first-order chi connectivity index (χ1) is 10.1. The van der Waals surface area contributed by atoms with Crippen LogP contribution in [0.3, 0.4) is 0 Å². The fourth-order valence-corrected chi connectivity index (χ4v) is 2.22. The molecule has 6 heteroatoms. The molecule has 0 aliphatic carbocycles. The van der Waals surface area contributed by atoms with Crippen molar-refractivity contribution in [2.24, 2.45) is 0 Å². The number of carbonyl (C=O) groups excluding carboxylic acids is 1. The molecule has 2 aromatic rings. The molecule has 1 aromatic carbocycles. The minimum Gasteiger partial charge on any atom is -0.492 e.